The van der Waals surface area contributed by atoms with Crippen molar-refractivity contribution in [1.29, 1.82) is 0 Å². The fraction of sp³-hybridized carbons (Fsp3) is 0.400. The predicted octanol–water partition coefficient (Wildman–Crippen LogP) is 0.763. The van der Waals surface area contributed by atoms with Gasteiger partial charge in [-0.25, -0.2) is 4.98 Å². The molecule has 1 aromatic heterocycles. The van der Waals surface area contributed by atoms with Crippen LogP contribution in [-0.2, 0) is 4.79 Å². The van der Waals surface area contributed by atoms with Crippen LogP contribution in [0, 0.1) is 5.92 Å². The van der Waals surface area contributed by atoms with E-state index in [-0.39, 0.29) is 11.8 Å². The first kappa shape index (κ1) is 10.0. The lowest BCUT2D eigenvalue weighted by Crippen LogP contribution is -2.55. The van der Waals surface area contributed by atoms with E-state index >= 15 is 0 Å². The number of fused-ring (bicyclic) bond motifs is 1. The lowest BCUT2D eigenvalue weighted by atomic mass is 9.95. The van der Waals surface area contributed by atoms with Gasteiger partial charge in [0.05, 0.1) is 0 Å². The molecule has 1 atom stereocenters. The summed E-state index contributed by atoms with van der Waals surface area (Å²) in [5, 5.41) is 5.89. The number of rotatable bonds is 1. The number of anilines is 1. The Bertz CT molecular complexity index is 448. The highest BCUT2D eigenvalue weighted by Crippen LogP contribution is 2.32. The molecule has 1 fully saturated rings. The van der Waals surface area contributed by atoms with Gasteiger partial charge in [0, 0.05) is 29.7 Å². The fourth-order valence-corrected chi connectivity index (χ4v) is 2.13. The molecule has 84 valence electrons. The highest BCUT2D eigenvalue weighted by atomic mass is 79.9. The first-order valence-electron chi connectivity index (χ1n) is 5.08. The van der Waals surface area contributed by atoms with E-state index < -0.39 is 6.10 Å². The van der Waals surface area contributed by atoms with Gasteiger partial charge in [0.25, 0.3) is 5.91 Å². The summed E-state index contributed by atoms with van der Waals surface area (Å²) in [5.74, 6) is 1.28. The molecule has 1 saturated heterocycles. The SMILES string of the molecule is O=C1Nc2ncc(Br)cc2OC1C1CNC1. The van der Waals surface area contributed by atoms with Crippen molar-refractivity contribution in [3.8, 4) is 5.75 Å². The number of nitrogens with one attached hydrogen (secondary N) is 2. The maximum absolute atomic E-state index is 11.8. The monoisotopic (exact) mass is 283 g/mol. The Morgan fingerprint density at radius 3 is 3.00 bits per heavy atom. The van der Waals surface area contributed by atoms with E-state index in [9.17, 15) is 4.79 Å². The minimum absolute atomic E-state index is 0.103. The Labute approximate surface area is 101 Å². The molecule has 0 aliphatic carbocycles. The summed E-state index contributed by atoms with van der Waals surface area (Å²) >= 11 is 3.33. The zero-order valence-corrected chi connectivity index (χ0v) is 9.95. The van der Waals surface area contributed by atoms with Crippen molar-refractivity contribution in [2.45, 2.75) is 6.10 Å². The van der Waals surface area contributed by atoms with Gasteiger partial charge in [-0.3, -0.25) is 4.79 Å². The lowest BCUT2D eigenvalue weighted by Gasteiger charge is -2.36. The van der Waals surface area contributed by atoms with Crippen molar-refractivity contribution >= 4 is 27.7 Å². The van der Waals surface area contributed by atoms with Crippen molar-refractivity contribution in [3.63, 3.8) is 0 Å². The van der Waals surface area contributed by atoms with E-state index in [0.717, 1.165) is 17.6 Å². The van der Waals surface area contributed by atoms with Gasteiger partial charge < -0.3 is 15.4 Å². The summed E-state index contributed by atoms with van der Waals surface area (Å²) in [4.78, 5) is 15.8. The van der Waals surface area contributed by atoms with Crippen LogP contribution in [0.5, 0.6) is 5.75 Å². The van der Waals surface area contributed by atoms with Crippen LogP contribution in [-0.4, -0.2) is 30.1 Å². The molecule has 3 heterocycles. The first-order chi connectivity index (χ1) is 7.74. The Balaban J connectivity index is 1.90. The maximum atomic E-state index is 11.8. The molecule has 0 aromatic carbocycles. The summed E-state index contributed by atoms with van der Waals surface area (Å²) in [5.41, 5.74) is 0. The Kier molecular flexibility index (Phi) is 2.33. The van der Waals surface area contributed by atoms with Crippen molar-refractivity contribution in [3.05, 3.63) is 16.7 Å². The molecule has 1 amide bonds. The smallest absolute Gasteiger partial charge is 0.267 e. The van der Waals surface area contributed by atoms with Crippen LogP contribution in [0.25, 0.3) is 0 Å². The van der Waals surface area contributed by atoms with Crippen molar-refractivity contribution in [2.75, 3.05) is 18.4 Å². The molecular weight excluding hydrogens is 274 g/mol. The van der Waals surface area contributed by atoms with E-state index in [1.54, 1.807) is 6.20 Å². The summed E-state index contributed by atoms with van der Waals surface area (Å²) in [6.45, 7) is 1.66. The number of hydrogen-bond acceptors (Lipinski definition) is 4. The second-order valence-corrected chi connectivity index (χ2v) is 4.86. The minimum Gasteiger partial charge on any atom is -0.476 e. The molecular formula is C10H10BrN3O2. The zero-order chi connectivity index (χ0) is 11.1. The van der Waals surface area contributed by atoms with Crippen molar-refractivity contribution in [1.82, 2.24) is 10.3 Å². The number of ether oxygens (including phenoxy) is 1. The summed E-state index contributed by atoms with van der Waals surface area (Å²) in [7, 11) is 0. The molecule has 6 heteroatoms. The van der Waals surface area contributed by atoms with Crippen LogP contribution in [0.1, 0.15) is 0 Å². The number of pyridine rings is 1. The van der Waals surface area contributed by atoms with Gasteiger partial charge in [-0.05, 0) is 22.0 Å². The normalized spacial score (nSPS) is 24.1. The van der Waals surface area contributed by atoms with Crippen molar-refractivity contribution < 1.29 is 9.53 Å². The molecule has 2 N–H and O–H groups in total. The Morgan fingerprint density at radius 2 is 2.31 bits per heavy atom. The predicted molar refractivity (Wildman–Crippen MR) is 61.3 cm³/mol. The topological polar surface area (TPSA) is 63.2 Å². The molecule has 0 radical (unpaired) electrons. The quantitative estimate of drug-likeness (QED) is 0.799. The second-order valence-electron chi connectivity index (χ2n) is 3.95. The average Bonchev–Trinajstić information content (AvgIpc) is 2.17. The highest BCUT2D eigenvalue weighted by Gasteiger charge is 2.38. The second kappa shape index (κ2) is 3.71. The third kappa shape index (κ3) is 1.58. The molecule has 0 bridgehead atoms. The molecule has 2 aliphatic heterocycles. The van der Waals surface area contributed by atoms with E-state index in [1.807, 2.05) is 6.07 Å². The van der Waals surface area contributed by atoms with Gasteiger partial charge in [-0.15, -0.1) is 0 Å². The number of aromatic nitrogens is 1. The van der Waals surface area contributed by atoms with Gasteiger partial charge in [0.2, 0.25) is 0 Å². The maximum Gasteiger partial charge on any atom is 0.267 e. The van der Waals surface area contributed by atoms with E-state index in [4.69, 9.17) is 4.74 Å². The largest absolute Gasteiger partial charge is 0.476 e. The van der Waals surface area contributed by atoms with Crippen LogP contribution >= 0.6 is 15.9 Å². The van der Waals surface area contributed by atoms with E-state index in [0.29, 0.717) is 11.6 Å². The molecule has 1 aromatic rings. The van der Waals surface area contributed by atoms with Gasteiger partial charge in [-0.2, -0.15) is 0 Å². The number of hydrogen-bond donors (Lipinski definition) is 2. The van der Waals surface area contributed by atoms with Crippen LogP contribution in [0.15, 0.2) is 16.7 Å². The number of nitrogens with zero attached hydrogens (tertiary/aromatic N) is 1. The number of amides is 1. The number of halogens is 1. The van der Waals surface area contributed by atoms with Gasteiger partial charge >= 0.3 is 0 Å². The summed E-state index contributed by atoms with van der Waals surface area (Å²) < 4.78 is 6.53. The Hall–Kier alpha value is -1.14. The van der Waals surface area contributed by atoms with Gasteiger partial charge in [0.1, 0.15) is 0 Å². The third-order valence-electron chi connectivity index (χ3n) is 2.81. The molecule has 3 rings (SSSR count). The van der Waals surface area contributed by atoms with E-state index in [1.165, 1.54) is 0 Å². The third-order valence-corrected chi connectivity index (χ3v) is 3.25. The first-order valence-corrected chi connectivity index (χ1v) is 5.87. The van der Waals surface area contributed by atoms with E-state index in [2.05, 4.69) is 31.5 Å². The van der Waals surface area contributed by atoms with Crippen LogP contribution in [0.2, 0.25) is 0 Å². The Morgan fingerprint density at radius 1 is 1.50 bits per heavy atom. The molecule has 1 unspecified atom stereocenters. The molecule has 0 saturated carbocycles. The van der Waals surface area contributed by atoms with Crippen molar-refractivity contribution in [2.24, 2.45) is 5.92 Å². The standard InChI is InChI=1S/C10H10BrN3O2/c11-6-1-7-9(13-4-6)14-10(15)8(16-7)5-2-12-3-5/h1,4-5,8,12H,2-3H2,(H,13,14,15). The average molecular weight is 284 g/mol. The summed E-state index contributed by atoms with van der Waals surface area (Å²) in [6.07, 6.45) is 1.23. The molecule has 16 heavy (non-hydrogen) atoms. The molecule has 2 aliphatic rings. The fourth-order valence-electron chi connectivity index (χ4n) is 1.82. The van der Waals surface area contributed by atoms with Crippen LogP contribution < -0.4 is 15.4 Å². The molecule has 5 nitrogen and oxygen atoms in total. The molecule has 0 spiro atoms. The lowest BCUT2D eigenvalue weighted by molar-refractivity contribution is -0.126. The number of carbonyl (C=O) groups excluding carboxylic acids is 1. The van der Waals surface area contributed by atoms with Crippen LogP contribution in [0.3, 0.4) is 0 Å². The number of carbonyl (C=O) groups is 1. The highest BCUT2D eigenvalue weighted by molar-refractivity contribution is 9.10. The van der Waals surface area contributed by atoms with Crippen LogP contribution in [0.4, 0.5) is 5.82 Å². The van der Waals surface area contributed by atoms with Gasteiger partial charge in [0.15, 0.2) is 17.7 Å². The van der Waals surface area contributed by atoms with Gasteiger partial charge in [-0.1, -0.05) is 0 Å². The zero-order valence-electron chi connectivity index (χ0n) is 8.37. The minimum atomic E-state index is -0.398. The summed E-state index contributed by atoms with van der Waals surface area (Å²) in [6, 6.07) is 1.82.